The predicted molar refractivity (Wildman–Crippen MR) is 92.4 cm³/mol. The number of nitrogens with one attached hydrogen (secondary N) is 2. The lowest BCUT2D eigenvalue weighted by atomic mass is 10.2. The van der Waals surface area contributed by atoms with Crippen molar-refractivity contribution in [3.63, 3.8) is 0 Å². The van der Waals surface area contributed by atoms with Gasteiger partial charge in [-0.1, -0.05) is 13.8 Å². The molecular formula is C15H22N4S2. The Labute approximate surface area is 134 Å². The van der Waals surface area contributed by atoms with Gasteiger partial charge in [0.05, 0.1) is 10.7 Å². The molecule has 0 saturated carbocycles. The Morgan fingerprint density at radius 1 is 1.33 bits per heavy atom. The van der Waals surface area contributed by atoms with Crippen LogP contribution in [-0.4, -0.2) is 24.5 Å². The first-order chi connectivity index (χ1) is 10.2. The summed E-state index contributed by atoms with van der Waals surface area (Å²) >= 11 is 3.46. The molecule has 2 rings (SSSR count). The highest BCUT2D eigenvalue weighted by molar-refractivity contribution is 7.09. The zero-order valence-electron chi connectivity index (χ0n) is 12.7. The number of thiazole rings is 1. The van der Waals surface area contributed by atoms with Gasteiger partial charge in [0.2, 0.25) is 0 Å². The average molecular weight is 323 g/mol. The maximum atomic E-state index is 4.64. The Morgan fingerprint density at radius 2 is 2.19 bits per heavy atom. The molecule has 0 aromatic carbocycles. The van der Waals surface area contributed by atoms with Gasteiger partial charge in [-0.2, -0.15) is 11.3 Å². The molecular weight excluding hydrogens is 300 g/mol. The topological polar surface area (TPSA) is 49.3 Å². The summed E-state index contributed by atoms with van der Waals surface area (Å²) in [5, 5.41) is 14.2. The van der Waals surface area contributed by atoms with Gasteiger partial charge in [-0.25, -0.2) is 4.98 Å². The fourth-order valence-corrected chi connectivity index (χ4v) is 3.35. The highest BCUT2D eigenvalue weighted by Gasteiger charge is 2.06. The van der Waals surface area contributed by atoms with Crippen LogP contribution in [0.5, 0.6) is 0 Å². The van der Waals surface area contributed by atoms with Crippen LogP contribution in [-0.2, 0) is 13.0 Å². The molecule has 0 saturated heterocycles. The zero-order chi connectivity index (χ0) is 15.1. The van der Waals surface area contributed by atoms with Crippen molar-refractivity contribution in [1.82, 2.24) is 15.6 Å². The van der Waals surface area contributed by atoms with Crippen molar-refractivity contribution in [3.8, 4) is 0 Å². The van der Waals surface area contributed by atoms with Crippen molar-refractivity contribution < 1.29 is 0 Å². The van der Waals surface area contributed by atoms with Crippen molar-refractivity contribution in [1.29, 1.82) is 0 Å². The van der Waals surface area contributed by atoms with Crippen molar-refractivity contribution in [2.45, 2.75) is 32.7 Å². The van der Waals surface area contributed by atoms with Crippen LogP contribution < -0.4 is 10.6 Å². The average Bonchev–Trinajstić information content (AvgIpc) is 3.13. The molecule has 0 atom stereocenters. The van der Waals surface area contributed by atoms with Gasteiger partial charge in [0.25, 0.3) is 0 Å². The van der Waals surface area contributed by atoms with Crippen LogP contribution in [0.2, 0.25) is 0 Å². The molecule has 2 N–H and O–H groups in total. The monoisotopic (exact) mass is 322 g/mol. The van der Waals surface area contributed by atoms with Gasteiger partial charge in [-0.3, -0.25) is 4.99 Å². The predicted octanol–water partition coefficient (Wildman–Crippen LogP) is 3.24. The molecule has 2 aromatic heterocycles. The minimum absolute atomic E-state index is 0.511. The Balaban J connectivity index is 1.72. The maximum absolute atomic E-state index is 4.64. The highest BCUT2D eigenvalue weighted by atomic mass is 32.1. The third-order valence-electron chi connectivity index (χ3n) is 3.00. The molecule has 0 amide bonds. The minimum atomic E-state index is 0.511. The van der Waals surface area contributed by atoms with Crippen LogP contribution >= 0.6 is 22.7 Å². The molecule has 0 aliphatic carbocycles. The van der Waals surface area contributed by atoms with E-state index in [1.54, 1.807) is 29.7 Å². The van der Waals surface area contributed by atoms with Gasteiger partial charge in [0.15, 0.2) is 5.96 Å². The van der Waals surface area contributed by atoms with E-state index >= 15 is 0 Å². The fourth-order valence-electron chi connectivity index (χ4n) is 1.81. The zero-order valence-corrected chi connectivity index (χ0v) is 14.4. The SMILES string of the molecule is CN=C(NCCc1csc(C(C)C)n1)NCc1ccsc1. The molecule has 21 heavy (non-hydrogen) atoms. The second kappa shape index (κ2) is 8.14. The van der Waals surface area contributed by atoms with Crippen LogP contribution in [0.25, 0.3) is 0 Å². The Hall–Kier alpha value is -1.40. The Bertz CT molecular complexity index is 558. The molecule has 2 aromatic rings. The molecule has 0 unspecified atom stereocenters. The molecule has 0 spiro atoms. The second-order valence-electron chi connectivity index (χ2n) is 5.07. The van der Waals surface area contributed by atoms with E-state index in [0.717, 1.165) is 31.2 Å². The number of hydrogen-bond acceptors (Lipinski definition) is 4. The Morgan fingerprint density at radius 3 is 2.81 bits per heavy atom. The maximum Gasteiger partial charge on any atom is 0.191 e. The summed E-state index contributed by atoms with van der Waals surface area (Å²) in [5.41, 5.74) is 2.44. The fraction of sp³-hybridized carbons (Fsp3) is 0.467. The molecule has 6 heteroatoms. The summed E-state index contributed by atoms with van der Waals surface area (Å²) in [6, 6.07) is 2.12. The smallest absolute Gasteiger partial charge is 0.191 e. The van der Waals surface area contributed by atoms with E-state index in [0.29, 0.717) is 5.92 Å². The van der Waals surface area contributed by atoms with E-state index < -0.39 is 0 Å². The lowest BCUT2D eigenvalue weighted by molar-refractivity contribution is 0.778. The van der Waals surface area contributed by atoms with E-state index in [2.05, 4.69) is 56.7 Å². The summed E-state index contributed by atoms with van der Waals surface area (Å²) in [7, 11) is 1.79. The lowest BCUT2D eigenvalue weighted by Crippen LogP contribution is -2.37. The third kappa shape index (κ3) is 5.13. The van der Waals surface area contributed by atoms with Crippen LogP contribution in [0.1, 0.15) is 36.0 Å². The highest BCUT2D eigenvalue weighted by Crippen LogP contribution is 2.19. The van der Waals surface area contributed by atoms with Crippen molar-refractivity contribution in [2.75, 3.05) is 13.6 Å². The van der Waals surface area contributed by atoms with E-state index in [1.807, 2.05) is 0 Å². The summed E-state index contributed by atoms with van der Waals surface area (Å²) in [6.45, 7) is 6.00. The first-order valence-electron chi connectivity index (χ1n) is 7.09. The third-order valence-corrected chi connectivity index (χ3v) is 4.93. The largest absolute Gasteiger partial charge is 0.356 e. The van der Waals surface area contributed by atoms with Crippen LogP contribution in [0.4, 0.5) is 0 Å². The van der Waals surface area contributed by atoms with Crippen LogP contribution in [0.15, 0.2) is 27.2 Å². The van der Waals surface area contributed by atoms with Crippen molar-refractivity contribution >= 4 is 28.6 Å². The summed E-state index contributed by atoms with van der Waals surface area (Å²) in [5.74, 6) is 1.34. The number of guanidine groups is 1. The molecule has 0 radical (unpaired) electrons. The van der Waals surface area contributed by atoms with Gasteiger partial charge in [0, 0.05) is 37.9 Å². The standard InChI is InChI=1S/C15H22N4S2/c1-11(2)14-19-13(10-21-14)4-6-17-15(16-3)18-8-12-5-7-20-9-12/h5,7,9-11H,4,6,8H2,1-3H3,(H2,16,17,18). The van der Waals surface area contributed by atoms with Crippen molar-refractivity contribution in [3.05, 3.63) is 38.5 Å². The van der Waals surface area contributed by atoms with Gasteiger partial charge in [-0.05, 0) is 22.4 Å². The van der Waals surface area contributed by atoms with E-state index in [-0.39, 0.29) is 0 Å². The number of rotatable bonds is 6. The van der Waals surface area contributed by atoms with E-state index in [9.17, 15) is 0 Å². The molecule has 0 aliphatic rings. The van der Waals surface area contributed by atoms with E-state index in [1.165, 1.54) is 10.6 Å². The first-order valence-corrected chi connectivity index (χ1v) is 8.91. The minimum Gasteiger partial charge on any atom is -0.356 e. The van der Waals surface area contributed by atoms with Crippen LogP contribution in [0, 0.1) is 0 Å². The van der Waals surface area contributed by atoms with Gasteiger partial charge < -0.3 is 10.6 Å². The molecule has 0 aliphatic heterocycles. The molecule has 4 nitrogen and oxygen atoms in total. The summed E-state index contributed by atoms with van der Waals surface area (Å²) in [6.07, 6.45) is 0.919. The van der Waals surface area contributed by atoms with E-state index in [4.69, 9.17) is 0 Å². The summed E-state index contributed by atoms with van der Waals surface area (Å²) in [4.78, 5) is 8.87. The summed E-state index contributed by atoms with van der Waals surface area (Å²) < 4.78 is 0. The molecule has 2 heterocycles. The van der Waals surface area contributed by atoms with Gasteiger partial charge in [-0.15, -0.1) is 11.3 Å². The number of aliphatic imine (C=N–C) groups is 1. The number of aromatic nitrogens is 1. The normalized spacial score (nSPS) is 11.9. The first kappa shape index (κ1) is 16.0. The lowest BCUT2D eigenvalue weighted by Gasteiger charge is -2.10. The van der Waals surface area contributed by atoms with Gasteiger partial charge in [0.1, 0.15) is 0 Å². The van der Waals surface area contributed by atoms with Gasteiger partial charge >= 0.3 is 0 Å². The quantitative estimate of drug-likeness (QED) is 0.634. The molecule has 0 fully saturated rings. The second-order valence-corrected chi connectivity index (χ2v) is 6.74. The number of thiophene rings is 1. The molecule has 114 valence electrons. The number of hydrogen-bond donors (Lipinski definition) is 2. The van der Waals surface area contributed by atoms with Crippen molar-refractivity contribution in [2.24, 2.45) is 4.99 Å². The van der Waals surface area contributed by atoms with Crippen LogP contribution in [0.3, 0.4) is 0 Å². The number of nitrogens with zero attached hydrogens (tertiary/aromatic N) is 2. The molecule has 0 bridgehead atoms. The Kier molecular flexibility index (Phi) is 6.20.